The van der Waals surface area contributed by atoms with Crippen LogP contribution in [-0.4, -0.2) is 54.7 Å². The lowest BCUT2D eigenvalue weighted by molar-refractivity contribution is -0.258. The summed E-state index contributed by atoms with van der Waals surface area (Å²) >= 11 is 5.53. The molecule has 0 aliphatic carbocycles. The molecule has 33 heavy (non-hydrogen) atoms. The molecule has 178 valence electrons. The van der Waals surface area contributed by atoms with Crippen molar-refractivity contribution < 1.29 is 31.1 Å². The Bertz CT molecular complexity index is 1190. The summed E-state index contributed by atoms with van der Waals surface area (Å²) < 4.78 is 80.1. The zero-order valence-electron chi connectivity index (χ0n) is 17.6. The quantitative estimate of drug-likeness (QED) is 0.391. The van der Waals surface area contributed by atoms with E-state index >= 15 is 0 Å². The molecule has 12 heteroatoms. The summed E-state index contributed by atoms with van der Waals surface area (Å²) in [5.41, 5.74) is -2.82. The molecule has 2 atom stereocenters. The van der Waals surface area contributed by atoms with Gasteiger partial charge in [-0.3, -0.25) is 0 Å². The van der Waals surface area contributed by atoms with E-state index in [0.29, 0.717) is 12.6 Å². The first kappa shape index (κ1) is 25.2. The fraction of sp³-hybridized carbons (Fsp3) is 0.381. The van der Waals surface area contributed by atoms with Gasteiger partial charge in [-0.15, -0.1) is 5.92 Å². The van der Waals surface area contributed by atoms with E-state index in [1.807, 2.05) is 0 Å². The standard InChI is InChI=1S/C21H20ClF4N3O3S/c1-3-4-16-13-28(33(31,32)17-11-18(23)19(22)27-12-17)9-10-29(16)15-7-5-14(6-8-15)20(2,30)21(24,25)26/h5-8,11-12,16,30H,9-10,13H2,1-2H3. The molecule has 0 saturated carbocycles. The third-order valence-corrected chi connectivity index (χ3v) is 7.48. The van der Waals surface area contributed by atoms with E-state index in [1.165, 1.54) is 24.3 Å². The van der Waals surface area contributed by atoms with Gasteiger partial charge < -0.3 is 10.0 Å². The Hall–Kier alpha value is -2.39. The van der Waals surface area contributed by atoms with Crippen molar-refractivity contribution in [2.75, 3.05) is 24.5 Å². The second kappa shape index (κ2) is 9.10. The smallest absolute Gasteiger partial charge is 0.376 e. The zero-order chi connectivity index (χ0) is 24.6. The number of pyridine rings is 1. The lowest BCUT2D eigenvalue weighted by Gasteiger charge is -2.40. The van der Waals surface area contributed by atoms with E-state index < -0.39 is 38.8 Å². The monoisotopic (exact) mass is 505 g/mol. The van der Waals surface area contributed by atoms with E-state index in [2.05, 4.69) is 16.8 Å². The van der Waals surface area contributed by atoms with Crippen LogP contribution in [0.15, 0.2) is 41.4 Å². The summed E-state index contributed by atoms with van der Waals surface area (Å²) in [5.74, 6) is 4.67. The van der Waals surface area contributed by atoms with Crippen LogP contribution in [0.1, 0.15) is 19.4 Å². The maximum absolute atomic E-state index is 13.8. The van der Waals surface area contributed by atoms with Crippen molar-refractivity contribution in [1.29, 1.82) is 0 Å². The molecule has 1 fully saturated rings. The van der Waals surface area contributed by atoms with Crippen LogP contribution in [0.5, 0.6) is 0 Å². The number of hydrogen-bond donors (Lipinski definition) is 1. The van der Waals surface area contributed by atoms with E-state index in [4.69, 9.17) is 11.6 Å². The van der Waals surface area contributed by atoms with Gasteiger partial charge in [0.25, 0.3) is 0 Å². The molecule has 0 spiro atoms. The molecule has 1 N–H and O–H groups in total. The fourth-order valence-corrected chi connectivity index (χ4v) is 4.91. The minimum atomic E-state index is -4.85. The summed E-state index contributed by atoms with van der Waals surface area (Å²) in [4.78, 5) is 4.96. The number of rotatable bonds is 4. The van der Waals surface area contributed by atoms with Crippen LogP contribution in [0.2, 0.25) is 5.15 Å². The van der Waals surface area contributed by atoms with Gasteiger partial charge in [-0.25, -0.2) is 17.8 Å². The van der Waals surface area contributed by atoms with Gasteiger partial charge in [0.2, 0.25) is 10.0 Å². The molecule has 1 aliphatic rings. The predicted molar refractivity (Wildman–Crippen MR) is 115 cm³/mol. The Morgan fingerprint density at radius 2 is 1.85 bits per heavy atom. The molecule has 6 nitrogen and oxygen atoms in total. The molecular formula is C21H20ClF4N3O3S. The number of halogens is 5. The molecule has 0 amide bonds. The number of aliphatic hydroxyl groups is 1. The molecule has 2 aromatic rings. The zero-order valence-corrected chi connectivity index (χ0v) is 19.1. The Labute approximate surface area is 193 Å². The number of alkyl halides is 3. The van der Waals surface area contributed by atoms with Gasteiger partial charge in [-0.05, 0) is 37.6 Å². The summed E-state index contributed by atoms with van der Waals surface area (Å²) in [6, 6.07) is 5.36. The number of sulfonamides is 1. The molecule has 2 heterocycles. The largest absolute Gasteiger partial charge is 0.421 e. The third-order valence-electron chi connectivity index (χ3n) is 5.38. The molecule has 1 saturated heterocycles. The molecule has 1 aliphatic heterocycles. The van der Waals surface area contributed by atoms with E-state index in [9.17, 15) is 31.1 Å². The summed E-state index contributed by atoms with van der Waals surface area (Å²) in [6.07, 6.45) is -3.88. The van der Waals surface area contributed by atoms with Crippen molar-refractivity contribution in [3.8, 4) is 11.8 Å². The number of anilines is 1. The van der Waals surface area contributed by atoms with Crippen LogP contribution < -0.4 is 4.90 Å². The van der Waals surface area contributed by atoms with Crippen molar-refractivity contribution in [3.63, 3.8) is 0 Å². The summed E-state index contributed by atoms with van der Waals surface area (Å²) in [7, 11) is -4.08. The number of aromatic nitrogens is 1. The fourth-order valence-electron chi connectivity index (χ4n) is 3.41. The van der Waals surface area contributed by atoms with E-state index in [-0.39, 0.29) is 30.1 Å². The van der Waals surface area contributed by atoms with Gasteiger partial charge in [0.1, 0.15) is 10.9 Å². The van der Waals surface area contributed by atoms with Gasteiger partial charge in [-0.2, -0.15) is 17.5 Å². The van der Waals surface area contributed by atoms with Crippen LogP contribution in [0.25, 0.3) is 0 Å². The van der Waals surface area contributed by atoms with Gasteiger partial charge in [0.15, 0.2) is 16.6 Å². The van der Waals surface area contributed by atoms with Crippen LogP contribution >= 0.6 is 11.6 Å². The van der Waals surface area contributed by atoms with Crippen molar-refractivity contribution in [1.82, 2.24) is 9.29 Å². The van der Waals surface area contributed by atoms with Gasteiger partial charge in [0.05, 0.1) is 0 Å². The van der Waals surface area contributed by atoms with Gasteiger partial charge in [0, 0.05) is 31.5 Å². The van der Waals surface area contributed by atoms with Crippen molar-refractivity contribution in [3.05, 3.63) is 53.1 Å². The van der Waals surface area contributed by atoms with Crippen molar-refractivity contribution in [2.45, 2.75) is 36.6 Å². The molecule has 0 radical (unpaired) electrons. The molecular weight excluding hydrogens is 486 g/mol. The Morgan fingerprint density at radius 3 is 2.39 bits per heavy atom. The summed E-state index contributed by atoms with van der Waals surface area (Å²) in [5, 5.41) is 9.41. The maximum atomic E-state index is 13.8. The average molecular weight is 506 g/mol. The predicted octanol–water partition coefficient (Wildman–Crippen LogP) is 3.55. The Kier molecular flexibility index (Phi) is 6.96. The minimum Gasteiger partial charge on any atom is -0.376 e. The molecule has 1 aromatic carbocycles. The number of hydrogen-bond acceptors (Lipinski definition) is 5. The van der Waals surface area contributed by atoms with Crippen LogP contribution in [0.4, 0.5) is 23.2 Å². The SMILES string of the molecule is CC#CC1CN(S(=O)(=O)c2cnc(Cl)c(F)c2)CCN1c1ccc(C(C)(O)C(F)(F)F)cc1. The second-order valence-corrected chi connectivity index (χ2v) is 9.82. The van der Waals surface area contributed by atoms with E-state index in [1.54, 1.807) is 11.8 Å². The minimum absolute atomic E-state index is 0.0243. The molecule has 2 unspecified atom stereocenters. The molecule has 0 bridgehead atoms. The number of piperazine rings is 1. The van der Waals surface area contributed by atoms with Crippen molar-refractivity contribution >= 4 is 27.3 Å². The lowest BCUT2D eigenvalue weighted by atomic mass is 9.95. The Morgan fingerprint density at radius 1 is 1.21 bits per heavy atom. The first-order valence-electron chi connectivity index (χ1n) is 9.69. The maximum Gasteiger partial charge on any atom is 0.421 e. The lowest BCUT2D eigenvalue weighted by Crippen LogP contribution is -2.54. The normalized spacial score (nSPS) is 19.5. The topological polar surface area (TPSA) is 73.7 Å². The first-order chi connectivity index (χ1) is 15.3. The van der Waals surface area contributed by atoms with Gasteiger partial charge in [-0.1, -0.05) is 29.7 Å². The Balaban J connectivity index is 1.86. The summed E-state index contributed by atoms with van der Waals surface area (Å²) in [6.45, 7) is 2.39. The van der Waals surface area contributed by atoms with Crippen LogP contribution in [-0.2, 0) is 15.6 Å². The highest BCUT2D eigenvalue weighted by Crippen LogP contribution is 2.39. The highest BCUT2D eigenvalue weighted by molar-refractivity contribution is 7.89. The highest BCUT2D eigenvalue weighted by Gasteiger charge is 2.51. The second-order valence-electron chi connectivity index (χ2n) is 7.53. The molecule has 3 rings (SSSR count). The number of benzene rings is 1. The third kappa shape index (κ3) is 4.94. The average Bonchev–Trinajstić information content (AvgIpc) is 2.75. The number of nitrogens with zero attached hydrogens (tertiary/aromatic N) is 3. The van der Waals surface area contributed by atoms with E-state index in [0.717, 1.165) is 16.6 Å². The van der Waals surface area contributed by atoms with Crippen molar-refractivity contribution in [2.24, 2.45) is 0 Å². The van der Waals surface area contributed by atoms with Gasteiger partial charge >= 0.3 is 6.18 Å². The first-order valence-corrected chi connectivity index (χ1v) is 11.5. The van der Waals surface area contributed by atoms with Crippen LogP contribution in [0.3, 0.4) is 0 Å². The van der Waals surface area contributed by atoms with Crippen LogP contribution in [0, 0.1) is 17.7 Å². The molecule has 1 aromatic heterocycles. The highest BCUT2D eigenvalue weighted by atomic mass is 35.5.